The minimum Gasteiger partial charge on any atom is -0.493 e. The summed E-state index contributed by atoms with van der Waals surface area (Å²) in [7, 11) is 0. The van der Waals surface area contributed by atoms with Gasteiger partial charge < -0.3 is 20.5 Å². The van der Waals surface area contributed by atoms with Gasteiger partial charge in [0.1, 0.15) is 11.6 Å². The van der Waals surface area contributed by atoms with Crippen LogP contribution in [0, 0.1) is 6.92 Å². The van der Waals surface area contributed by atoms with Crippen molar-refractivity contribution in [2.75, 3.05) is 25.5 Å². The molecule has 4 N–H and O–H groups in total. The van der Waals surface area contributed by atoms with Gasteiger partial charge in [0.25, 0.3) is 5.91 Å². The van der Waals surface area contributed by atoms with Crippen LogP contribution in [0.3, 0.4) is 0 Å². The molecule has 0 saturated heterocycles. The number of H-pyrrole nitrogens is 1. The second-order valence-corrected chi connectivity index (χ2v) is 7.79. The second kappa shape index (κ2) is 9.70. The van der Waals surface area contributed by atoms with Gasteiger partial charge in [0.15, 0.2) is 0 Å². The number of carbonyl (C=O) groups is 1. The highest BCUT2D eigenvalue weighted by molar-refractivity contribution is 5.96. The lowest BCUT2D eigenvalue weighted by Crippen LogP contribution is -2.33. The van der Waals surface area contributed by atoms with Gasteiger partial charge in [-0.3, -0.25) is 9.89 Å². The van der Waals surface area contributed by atoms with E-state index in [1.807, 2.05) is 38.1 Å². The summed E-state index contributed by atoms with van der Waals surface area (Å²) in [5, 5.41) is 17.3. The SMILES string of the molecule is CCOc1cc(C(=O)N(CCO)Cc2cnc(N)c3cn[nH]c23)ccc1-c1cccc(C)c1. The average Bonchev–Trinajstić information content (AvgIpc) is 3.31. The molecule has 0 aliphatic carbocycles. The van der Waals surface area contributed by atoms with E-state index >= 15 is 0 Å². The Hall–Kier alpha value is -3.91. The fourth-order valence-corrected chi connectivity index (χ4v) is 3.87. The number of pyridine rings is 1. The van der Waals surface area contributed by atoms with Gasteiger partial charge in [-0.05, 0) is 37.6 Å². The molecule has 0 spiro atoms. The first kappa shape index (κ1) is 22.3. The third kappa shape index (κ3) is 4.65. The van der Waals surface area contributed by atoms with E-state index in [4.69, 9.17) is 10.5 Å². The molecule has 4 rings (SSSR count). The zero-order valence-corrected chi connectivity index (χ0v) is 18.7. The number of aliphatic hydroxyl groups is 1. The van der Waals surface area contributed by atoms with Gasteiger partial charge >= 0.3 is 0 Å². The van der Waals surface area contributed by atoms with Crippen molar-refractivity contribution >= 4 is 22.6 Å². The molecule has 0 aliphatic heterocycles. The zero-order chi connectivity index (χ0) is 23.4. The summed E-state index contributed by atoms with van der Waals surface area (Å²) in [5.41, 5.74) is 11.0. The number of benzene rings is 2. The van der Waals surface area contributed by atoms with E-state index in [9.17, 15) is 9.90 Å². The summed E-state index contributed by atoms with van der Waals surface area (Å²) in [4.78, 5) is 19.2. The van der Waals surface area contributed by atoms with Crippen molar-refractivity contribution in [1.29, 1.82) is 0 Å². The topological polar surface area (TPSA) is 117 Å². The summed E-state index contributed by atoms with van der Waals surface area (Å²) in [6.45, 7) is 4.68. The number of nitrogens with two attached hydrogens (primary N) is 1. The van der Waals surface area contributed by atoms with E-state index in [0.717, 1.165) is 27.8 Å². The highest BCUT2D eigenvalue weighted by Crippen LogP contribution is 2.32. The number of aromatic nitrogens is 3. The zero-order valence-electron chi connectivity index (χ0n) is 18.7. The molecular weight excluding hydrogens is 418 g/mol. The molecule has 2 aromatic heterocycles. The standard InChI is InChI=1S/C25H27N5O3/c1-3-33-22-12-18(7-8-20(22)17-6-4-5-16(2)11-17)25(32)30(9-10-31)15-19-13-27-24(26)21-14-28-29-23(19)21/h4-8,11-14,31H,3,9-10,15H2,1-2H3,(H2,26,27)(H,28,29). The van der Waals surface area contributed by atoms with Gasteiger partial charge in [-0.15, -0.1) is 0 Å². The highest BCUT2D eigenvalue weighted by Gasteiger charge is 2.20. The van der Waals surface area contributed by atoms with Crippen molar-refractivity contribution in [2.45, 2.75) is 20.4 Å². The van der Waals surface area contributed by atoms with Gasteiger partial charge in [0.05, 0.1) is 30.3 Å². The van der Waals surface area contributed by atoms with Crippen molar-refractivity contribution in [3.05, 3.63) is 71.5 Å². The molecule has 0 fully saturated rings. The summed E-state index contributed by atoms with van der Waals surface area (Å²) in [6, 6.07) is 13.6. The lowest BCUT2D eigenvalue weighted by molar-refractivity contribution is 0.0708. The Bertz CT molecular complexity index is 1280. The molecule has 8 heteroatoms. The first-order valence-electron chi connectivity index (χ1n) is 10.8. The Kier molecular flexibility index (Phi) is 6.55. The molecule has 8 nitrogen and oxygen atoms in total. The monoisotopic (exact) mass is 445 g/mol. The molecule has 4 aromatic rings. The predicted octanol–water partition coefficient (Wildman–Crippen LogP) is 3.55. The highest BCUT2D eigenvalue weighted by atomic mass is 16.5. The second-order valence-electron chi connectivity index (χ2n) is 7.79. The molecule has 0 atom stereocenters. The number of carbonyl (C=O) groups excluding carboxylic acids is 1. The van der Waals surface area contributed by atoms with E-state index in [1.165, 1.54) is 0 Å². The smallest absolute Gasteiger partial charge is 0.254 e. The number of amides is 1. The van der Waals surface area contributed by atoms with Gasteiger partial charge in [0, 0.05) is 36.0 Å². The molecule has 0 saturated carbocycles. The van der Waals surface area contributed by atoms with Gasteiger partial charge in [-0.2, -0.15) is 5.10 Å². The molecule has 0 unspecified atom stereocenters. The Morgan fingerprint density at radius 2 is 2.06 bits per heavy atom. The Balaban J connectivity index is 1.67. The first-order chi connectivity index (χ1) is 16.0. The number of aryl methyl sites for hydroxylation is 1. The molecule has 2 aromatic carbocycles. The van der Waals surface area contributed by atoms with Crippen LogP contribution in [0.15, 0.2) is 54.9 Å². The minimum absolute atomic E-state index is 0.167. The quantitative estimate of drug-likeness (QED) is 0.382. The normalized spacial score (nSPS) is 11.0. The van der Waals surface area contributed by atoms with Crippen LogP contribution in [0.25, 0.3) is 22.0 Å². The van der Waals surface area contributed by atoms with Crippen LogP contribution in [-0.2, 0) is 6.54 Å². The lowest BCUT2D eigenvalue weighted by atomic mass is 10.0. The van der Waals surface area contributed by atoms with E-state index < -0.39 is 0 Å². The number of hydrogen-bond acceptors (Lipinski definition) is 6. The molecule has 0 bridgehead atoms. The van der Waals surface area contributed by atoms with Crippen molar-refractivity contribution < 1.29 is 14.6 Å². The molecule has 33 heavy (non-hydrogen) atoms. The van der Waals surface area contributed by atoms with Crippen LogP contribution in [0.5, 0.6) is 5.75 Å². The summed E-state index contributed by atoms with van der Waals surface area (Å²) < 4.78 is 5.88. The van der Waals surface area contributed by atoms with E-state index in [2.05, 4.69) is 21.2 Å². The van der Waals surface area contributed by atoms with Crippen LogP contribution in [0.1, 0.15) is 28.4 Å². The van der Waals surface area contributed by atoms with Crippen LogP contribution in [0.4, 0.5) is 5.82 Å². The lowest BCUT2D eigenvalue weighted by Gasteiger charge is -2.23. The fraction of sp³-hybridized carbons (Fsp3) is 0.240. The molecule has 0 radical (unpaired) electrons. The number of nitrogens with zero attached hydrogens (tertiary/aromatic N) is 3. The predicted molar refractivity (Wildman–Crippen MR) is 128 cm³/mol. The maximum atomic E-state index is 13.4. The summed E-state index contributed by atoms with van der Waals surface area (Å²) in [5.74, 6) is 0.795. The van der Waals surface area contributed by atoms with Crippen molar-refractivity contribution in [2.24, 2.45) is 0 Å². The third-order valence-corrected chi connectivity index (χ3v) is 5.47. The average molecular weight is 446 g/mol. The van der Waals surface area contributed by atoms with Crippen LogP contribution in [0.2, 0.25) is 0 Å². The minimum atomic E-state index is -0.217. The van der Waals surface area contributed by atoms with Crippen molar-refractivity contribution in [3.8, 4) is 16.9 Å². The number of anilines is 1. The van der Waals surface area contributed by atoms with Crippen LogP contribution < -0.4 is 10.5 Å². The largest absolute Gasteiger partial charge is 0.493 e. The fourth-order valence-electron chi connectivity index (χ4n) is 3.87. The summed E-state index contributed by atoms with van der Waals surface area (Å²) >= 11 is 0. The summed E-state index contributed by atoms with van der Waals surface area (Å²) in [6.07, 6.45) is 3.23. The number of fused-ring (bicyclic) bond motifs is 1. The number of aromatic amines is 1. The van der Waals surface area contributed by atoms with Gasteiger partial charge in [0.2, 0.25) is 0 Å². The van der Waals surface area contributed by atoms with Crippen molar-refractivity contribution in [3.63, 3.8) is 0 Å². The molecule has 2 heterocycles. The number of hydrogen-bond donors (Lipinski definition) is 3. The molecule has 0 aliphatic rings. The Labute approximate surface area is 192 Å². The van der Waals surface area contributed by atoms with E-state index in [-0.39, 0.29) is 25.6 Å². The van der Waals surface area contributed by atoms with Crippen LogP contribution >= 0.6 is 0 Å². The number of rotatable bonds is 8. The third-order valence-electron chi connectivity index (χ3n) is 5.47. The maximum Gasteiger partial charge on any atom is 0.254 e. The Morgan fingerprint density at radius 1 is 1.21 bits per heavy atom. The van der Waals surface area contributed by atoms with E-state index in [0.29, 0.717) is 29.1 Å². The number of aliphatic hydroxyl groups excluding tert-OH is 1. The molecule has 1 amide bonds. The molecule has 170 valence electrons. The number of ether oxygens (including phenoxy) is 1. The maximum absolute atomic E-state index is 13.4. The van der Waals surface area contributed by atoms with Crippen LogP contribution in [-0.4, -0.2) is 50.9 Å². The molecular formula is C25H27N5O3. The van der Waals surface area contributed by atoms with Crippen molar-refractivity contribution in [1.82, 2.24) is 20.1 Å². The first-order valence-corrected chi connectivity index (χ1v) is 10.8. The van der Waals surface area contributed by atoms with Gasteiger partial charge in [-0.1, -0.05) is 29.8 Å². The number of nitrogens with one attached hydrogen (secondary N) is 1. The Morgan fingerprint density at radius 3 is 2.82 bits per heavy atom. The van der Waals surface area contributed by atoms with E-state index in [1.54, 1.807) is 29.4 Å². The van der Waals surface area contributed by atoms with Gasteiger partial charge in [-0.25, -0.2) is 4.98 Å². The number of nitrogen functional groups attached to an aromatic ring is 1.